The predicted molar refractivity (Wildman–Crippen MR) is 88.9 cm³/mol. The summed E-state index contributed by atoms with van der Waals surface area (Å²) >= 11 is 0. The van der Waals surface area contributed by atoms with Gasteiger partial charge in [-0.2, -0.15) is 0 Å². The molecule has 1 aromatic rings. The van der Waals surface area contributed by atoms with Crippen molar-refractivity contribution >= 4 is 24.0 Å². The summed E-state index contributed by atoms with van der Waals surface area (Å²) < 4.78 is 15.2. The number of imide groups is 1. The summed E-state index contributed by atoms with van der Waals surface area (Å²) in [6, 6.07) is 4.59. The maximum Gasteiger partial charge on any atom is 0.331 e. The van der Waals surface area contributed by atoms with Crippen LogP contribution in [-0.4, -0.2) is 37.9 Å². The highest BCUT2D eigenvalue weighted by molar-refractivity contribution is 5.96. The lowest BCUT2D eigenvalue weighted by atomic mass is 10.2. The second kappa shape index (κ2) is 8.72. The summed E-state index contributed by atoms with van der Waals surface area (Å²) in [4.78, 5) is 34.5. The van der Waals surface area contributed by atoms with Gasteiger partial charge >= 0.3 is 12.0 Å². The van der Waals surface area contributed by atoms with E-state index in [4.69, 9.17) is 14.2 Å². The van der Waals surface area contributed by atoms with Gasteiger partial charge in [0.25, 0.3) is 5.91 Å². The topological polar surface area (TPSA) is 103 Å². The zero-order chi connectivity index (χ0) is 18.2. The maximum absolute atomic E-state index is 11.6. The van der Waals surface area contributed by atoms with Crippen LogP contribution in [0.4, 0.5) is 4.79 Å². The molecule has 0 atom stereocenters. The van der Waals surface area contributed by atoms with Crippen LogP contribution < -0.4 is 20.1 Å². The average Bonchev–Trinajstić information content (AvgIpc) is 3.04. The van der Waals surface area contributed by atoms with Crippen molar-refractivity contribution in [3.05, 3.63) is 29.8 Å². The van der Waals surface area contributed by atoms with Crippen LogP contribution in [-0.2, 0) is 14.3 Å². The summed E-state index contributed by atoms with van der Waals surface area (Å²) in [5.41, 5.74) is 0.721. The predicted octanol–water partition coefficient (Wildman–Crippen LogP) is 1.45. The van der Waals surface area contributed by atoms with E-state index in [9.17, 15) is 14.4 Å². The second-order valence-corrected chi connectivity index (χ2v) is 5.71. The van der Waals surface area contributed by atoms with Crippen molar-refractivity contribution in [2.45, 2.75) is 13.8 Å². The molecule has 25 heavy (non-hydrogen) atoms. The number of hydrogen-bond acceptors (Lipinski definition) is 6. The fourth-order valence-electron chi connectivity index (χ4n) is 1.87. The molecular formula is C17H20N2O6. The molecule has 0 fully saturated rings. The molecule has 1 aromatic carbocycles. The molecule has 2 rings (SSSR count). The Morgan fingerprint density at radius 2 is 2.00 bits per heavy atom. The van der Waals surface area contributed by atoms with Crippen LogP contribution in [0.5, 0.6) is 11.5 Å². The molecule has 1 heterocycles. The average molecular weight is 348 g/mol. The first-order valence-corrected chi connectivity index (χ1v) is 7.76. The zero-order valence-corrected chi connectivity index (χ0v) is 14.0. The monoisotopic (exact) mass is 348 g/mol. The summed E-state index contributed by atoms with van der Waals surface area (Å²) in [6.45, 7) is 3.92. The fourth-order valence-corrected chi connectivity index (χ4v) is 1.87. The van der Waals surface area contributed by atoms with Crippen molar-refractivity contribution in [3.8, 4) is 11.5 Å². The van der Waals surface area contributed by atoms with Gasteiger partial charge < -0.3 is 19.5 Å². The number of fused-ring (bicyclic) bond motifs is 1. The van der Waals surface area contributed by atoms with Crippen LogP contribution in [0.2, 0.25) is 0 Å². The first-order chi connectivity index (χ1) is 11.9. The summed E-state index contributed by atoms with van der Waals surface area (Å²) in [5.74, 6) is 0.107. The van der Waals surface area contributed by atoms with E-state index in [0.29, 0.717) is 18.0 Å². The van der Waals surface area contributed by atoms with Crippen molar-refractivity contribution < 1.29 is 28.6 Å². The van der Waals surface area contributed by atoms with E-state index in [1.165, 1.54) is 12.2 Å². The minimum atomic E-state index is -0.703. The molecule has 0 spiro atoms. The summed E-state index contributed by atoms with van der Waals surface area (Å²) in [5, 5.41) is 4.59. The molecule has 3 amide bonds. The quantitative estimate of drug-likeness (QED) is 0.596. The highest BCUT2D eigenvalue weighted by atomic mass is 16.7. The molecule has 0 saturated carbocycles. The largest absolute Gasteiger partial charge is 0.454 e. The third-order valence-corrected chi connectivity index (χ3v) is 3.08. The van der Waals surface area contributed by atoms with Crippen LogP contribution in [0.15, 0.2) is 24.3 Å². The molecule has 0 saturated heterocycles. The van der Waals surface area contributed by atoms with Gasteiger partial charge in [-0.25, -0.2) is 9.59 Å². The van der Waals surface area contributed by atoms with Gasteiger partial charge in [-0.05, 0) is 29.7 Å². The Labute approximate surface area is 145 Å². The number of hydrogen-bond donors (Lipinski definition) is 2. The first-order valence-electron chi connectivity index (χ1n) is 7.76. The number of esters is 1. The van der Waals surface area contributed by atoms with Crippen LogP contribution in [0, 0.1) is 5.92 Å². The van der Waals surface area contributed by atoms with Gasteiger partial charge in [0.15, 0.2) is 18.1 Å². The summed E-state index contributed by atoms with van der Waals surface area (Å²) in [7, 11) is 0. The molecular weight excluding hydrogens is 328 g/mol. The van der Waals surface area contributed by atoms with Gasteiger partial charge in [0, 0.05) is 12.6 Å². The molecule has 1 aliphatic heterocycles. The van der Waals surface area contributed by atoms with Gasteiger partial charge in [0.05, 0.1) is 0 Å². The number of carbonyl (C=O) groups excluding carboxylic acids is 3. The van der Waals surface area contributed by atoms with Gasteiger partial charge in [-0.15, -0.1) is 0 Å². The van der Waals surface area contributed by atoms with Crippen molar-refractivity contribution in [1.82, 2.24) is 10.6 Å². The first kappa shape index (κ1) is 18.3. The lowest BCUT2D eigenvalue weighted by molar-refractivity contribution is -0.143. The van der Waals surface area contributed by atoms with E-state index in [-0.39, 0.29) is 12.7 Å². The van der Waals surface area contributed by atoms with E-state index in [2.05, 4.69) is 10.6 Å². The maximum atomic E-state index is 11.6. The lowest BCUT2D eigenvalue weighted by Gasteiger charge is -2.08. The molecule has 8 nitrogen and oxygen atoms in total. The Balaban J connectivity index is 1.73. The van der Waals surface area contributed by atoms with Gasteiger partial charge in [0.1, 0.15) is 0 Å². The summed E-state index contributed by atoms with van der Waals surface area (Å²) in [6.07, 6.45) is 2.71. The Morgan fingerprint density at radius 1 is 1.24 bits per heavy atom. The van der Waals surface area contributed by atoms with E-state index in [1.54, 1.807) is 18.2 Å². The van der Waals surface area contributed by atoms with E-state index < -0.39 is 24.5 Å². The number of ether oxygens (including phenoxy) is 3. The minimum absolute atomic E-state index is 0.171. The highest BCUT2D eigenvalue weighted by Crippen LogP contribution is 2.32. The number of amides is 3. The Morgan fingerprint density at radius 3 is 2.76 bits per heavy atom. The van der Waals surface area contributed by atoms with Gasteiger partial charge in [-0.3, -0.25) is 10.1 Å². The highest BCUT2D eigenvalue weighted by Gasteiger charge is 2.13. The van der Waals surface area contributed by atoms with Crippen molar-refractivity contribution in [3.63, 3.8) is 0 Å². The van der Waals surface area contributed by atoms with E-state index in [1.807, 2.05) is 13.8 Å². The number of carbonyl (C=O) groups is 3. The van der Waals surface area contributed by atoms with Crippen LogP contribution >= 0.6 is 0 Å². The fraction of sp³-hybridized carbons (Fsp3) is 0.353. The Hall–Kier alpha value is -3.03. The molecule has 8 heteroatoms. The molecule has 134 valence electrons. The van der Waals surface area contributed by atoms with E-state index >= 15 is 0 Å². The molecule has 0 radical (unpaired) electrons. The van der Waals surface area contributed by atoms with Crippen LogP contribution in [0.1, 0.15) is 19.4 Å². The number of nitrogens with one attached hydrogen (secondary N) is 2. The number of benzene rings is 1. The minimum Gasteiger partial charge on any atom is -0.454 e. The third kappa shape index (κ3) is 6.17. The third-order valence-electron chi connectivity index (χ3n) is 3.08. The molecule has 0 aliphatic carbocycles. The molecule has 2 N–H and O–H groups in total. The molecule has 0 aromatic heterocycles. The molecule has 1 aliphatic rings. The van der Waals surface area contributed by atoms with E-state index in [0.717, 1.165) is 5.56 Å². The molecule has 0 bridgehead atoms. The van der Waals surface area contributed by atoms with Crippen LogP contribution in [0.25, 0.3) is 6.08 Å². The van der Waals surface area contributed by atoms with Gasteiger partial charge in [0.2, 0.25) is 6.79 Å². The smallest absolute Gasteiger partial charge is 0.331 e. The molecule has 0 unspecified atom stereocenters. The van der Waals surface area contributed by atoms with Crippen molar-refractivity contribution in [2.24, 2.45) is 5.92 Å². The zero-order valence-electron chi connectivity index (χ0n) is 14.0. The number of urea groups is 1. The Bertz CT molecular complexity index is 684. The second-order valence-electron chi connectivity index (χ2n) is 5.71. The standard InChI is InChI=1S/C17H20N2O6/c1-11(2)8-18-17(22)19-15(20)9-23-16(21)6-4-12-3-5-13-14(7-12)25-10-24-13/h3-7,11H,8-10H2,1-2H3,(H2,18,19,20,22). The van der Waals surface area contributed by atoms with Crippen LogP contribution in [0.3, 0.4) is 0 Å². The lowest BCUT2D eigenvalue weighted by Crippen LogP contribution is -2.42. The van der Waals surface area contributed by atoms with Gasteiger partial charge in [-0.1, -0.05) is 19.9 Å². The SMILES string of the molecule is CC(C)CNC(=O)NC(=O)COC(=O)C=Cc1ccc2c(c1)OCO2. The van der Waals surface area contributed by atoms with Crippen molar-refractivity contribution in [1.29, 1.82) is 0 Å². The normalized spacial score (nSPS) is 12.3. The van der Waals surface area contributed by atoms with Crippen molar-refractivity contribution in [2.75, 3.05) is 19.9 Å². The number of rotatable bonds is 6. The Kier molecular flexibility index (Phi) is 6.39.